The number of halogens is 2. The minimum absolute atomic E-state index is 0.222. The first kappa shape index (κ1) is 14.5. The molecule has 0 fully saturated rings. The van der Waals surface area contributed by atoms with Gasteiger partial charge in [-0.3, -0.25) is 0 Å². The van der Waals surface area contributed by atoms with E-state index < -0.39 is 47.5 Å². The van der Waals surface area contributed by atoms with Crippen molar-refractivity contribution >= 4 is 5.97 Å². The number of aliphatic hydroxyl groups is 3. The van der Waals surface area contributed by atoms with Crippen LogP contribution in [0.4, 0.5) is 8.78 Å². The Morgan fingerprint density at radius 1 is 1.22 bits per heavy atom. The summed E-state index contributed by atoms with van der Waals surface area (Å²) in [4.78, 5) is 10.7. The van der Waals surface area contributed by atoms with Gasteiger partial charge in [0.15, 0.2) is 0 Å². The summed E-state index contributed by atoms with van der Waals surface area (Å²) in [7, 11) is 0. The van der Waals surface area contributed by atoms with E-state index in [2.05, 4.69) is 0 Å². The fourth-order valence-corrected chi connectivity index (χ4v) is 1.45. The average molecular weight is 262 g/mol. The summed E-state index contributed by atoms with van der Waals surface area (Å²) in [5.74, 6) is -4.05. The summed E-state index contributed by atoms with van der Waals surface area (Å²) in [5.41, 5.74) is -1.34. The van der Waals surface area contributed by atoms with Crippen LogP contribution in [0, 0.1) is 11.6 Å². The molecular formula is C11H12F2O5. The molecular weight excluding hydrogens is 250 g/mol. The molecule has 0 spiro atoms. The number of carboxylic acids is 1. The van der Waals surface area contributed by atoms with Gasteiger partial charge in [-0.25, -0.2) is 13.6 Å². The number of aromatic carboxylic acids is 1. The van der Waals surface area contributed by atoms with E-state index in [4.69, 9.17) is 10.2 Å². The molecule has 2 unspecified atom stereocenters. The van der Waals surface area contributed by atoms with Crippen LogP contribution in [-0.2, 0) is 0 Å². The molecule has 0 bridgehead atoms. The van der Waals surface area contributed by atoms with Crippen molar-refractivity contribution in [2.24, 2.45) is 0 Å². The van der Waals surface area contributed by atoms with Crippen LogP contribution in [0.5, 0.6) is 0 Å². The Labute approximate surface area is 101 Å². The first-order chi connectivity index (χ1) is 8.38. The molecule has 0 aromatic heterocycles. The molecule has 1 rings (SSSR count). The average Bonchev–Trinajstić information content (AvgIpc) is 2.28. The fourth-order valence-electron chi connectivity index (χ4n) is 1.45. The zero-order valence-electron chi connectivity index (χ0n) is 9.18. The van der Waals surface area contributed by atoms with Gasteiger partial charge in [-0.05, 0) is 12.5 Å². The zero-order valence-corrected chi connectivity index (χ0v) is 9.18. The topological polar surface area (TPSA) is 98.0 Å². The Bertz CT molecular complexity index is 449. The highest BCUT2D eigenvalue weighted by Gasteiger charge is 2.24. The van der Waals surface area contributed by atoms with Gasteiger partial charge in [0.2, 0.25) is 0 Å². The molecule has 0 aliphatic carbocycles. The molecule has 7 heteroatoms. The Balaban J connectivity index is 3.15. The van der Waals surface area contributed by atoms with Crippen molar-refractivity contribution in [3.63, 3.8) is 0 Å². The van der Waals surface area contributed by atoms with Crippen LogP contribution >= 0.6 is 0 Å². The second kappa shape index (κ2) is 5.85. The third kappa shape index (κ3) is 3.00. The van der Waals surface area contributed by atoms with Crippen LogP contribution in [0.3, 0.4) is 0 Å². The smallest absolute Gasteiger partial charge is 0.338 e. The fraction of sp³-hybridized carbons (Fsp3) is 0.364. The summed E-state index contributed by atoms with van der Waals surface area (Å²) in [6.07, 6.45) is -3.44. The quantitative estimate of drug-likeness (QED) is 0.617. The lowest BCUT2D eigenvalue weighted by Gasteiger charge is -2.18. The molecule has 4 N–H and O–H groups in total. The van der Waals surface area contributed by atoms with E-state index in [1.165, 1.54) is 0 Å². The molecule has 0 saturated carbocycles. The maximum absolute atomic E-state index is 13.4. The van der Waals surface area contributed by atoms with Gasteiger partial charge in [0, 0.05) is 18.2 Å². The van der Waals surface area contributed by atoms with Gasteiger partial charge >= 0.3 is 5.97 Å². The van der Waals surface area contributed by atoms with Crippen molar-refractivity contribution in [1.29, 1.82) is 0 Å². The first-order valence-corrected chi connectivity index (χ1v) is 5.07. The number of carboxylic acid groups (broad SMARTS) is 1. The van der Waals surface area contributed by atoms with Crippen LogP contribution in [0.2, 0.25) is 0 Å². The van der Waals surface area contributed by atoms with Gasteiger partial charge in [0.1, 0.15) is 17.7 Å². The van der Waals surface area contributed by atoms with Crippen molar-refractivity contribution in [3.8, 4) is 0 Å². The van der Waals surface area contributed by atoms with E-state index in [1.54, 1.807) is 0 Å². The van der Waals surface area contributed by atoms with Crippen LogP contribution in [0.15, 0.2) is 12.1 Å². The summed E-state index contributed by atoms with van der Waals surface area (Å²) in [5, 5.41) is 36.2. The number of benzene rings is 1. The number of carbonyl (C=O) groups is 1. The minimum atomic E-state index is -1.74. The van der Waals surface area contributed by atoms with Crippen LogP contribution in [0.25, 0.3) is 0 Å². The van der Waals surface area contributed by atoms with E-state index in [9.17, 15) is 23.8 Å². The van der Waals surface area contributed by atoms with Crippen LogP contribution < -0.4 is 0 Å². The van der Waals surface area contributed by atoms with Gasteiger partial charge in [0.25, 0.3) is 0 Å². The highest BCUT2D eigenvalue weighted by molar-refractivity contribution is 5.88. The normalized spacial score (nSPS) is 14.3. The van der Waals surface area contributed by atoms with Crippen molar-refractivity contribution in [3.05, 3.63) is 34.9 Å². The van der Waals surface area contributed by atoms with Crippen molar-refractivity contribution in [1.82, 2.24) is 0 Å². The summed E-state index contributed by atoms with van der Waals surface area (Å²) in [6, 6.07) is 0.950. The van der Waals surface area contributed by atoms with Gasteiger partial charge < -0.3 is 20.4 Å². The van der Waals surface area contributed by atoms with E-state index in [-0.39, 0.29) is 6.42 Å². The lowest BCUT2D eigenvalue weighted by atomic mass is 9.99. The molecule has 2 atom stereocenters. The van der Waals surface area contributed by atoms with Crippen molar-refractivity contribution in [2.45, 2.75) is 18.6 Å². The lowest BCUT2D eigenvalue weighted by Crippen LogP contribution is -2.21. The number of rotatable bonds is 5. The van der Waals surface area contributed by atoms with Gasteiger partial charge in [0.05, 0.1) is 11.7 Å². The molecule has 100 valence electrons. The molecule has 0 aliphatic rings. The van der Waals surface area contributed by atoms with E-state index in [0.29, 0.717) is 12.1 Å². The molecule has 1 aromatic rings. The maximum Gasteiger partial charge on any atom is 0.338 e. The number of hydrogen-bond acceptors (Lipinski definition) is 4. The zero-order chi connectivity index (χ0) is 13.9. The first-order valence-electron chi connectivity index (χ1n) is 5.07. The van der Waals surface area contributed by atoms with Crippen LogP contribution in [-0.4, -0.2) is 39.1 Å². The van der Waals surface area contributed by atoms with E-state index in [1.807, 2.05) is 0 Å². The van der Waals surface area contributed by atoms with E-state index in [0.717, 1.165) is 0 Å². The maximum atomic E-state index is 13.4. The summed E-state index contributed by atoms with van der Waals surface area (Å²) in [6.45, 7) is -0.438. The largest absolute Gasteiger partial charge is 0.478 e. The SMILES string of the molecule is O=C(O)c1cc(C(O)C(O)CCO)c(F)cc1F. The summed E-state index contributed by atoms with van der Waals surface area (Å²) < 4.78 is 26.5. The predicted octanol–water partition coefficient (Wildman–Crippen LogP) is 0.440. The second-order valence-corrected chi connectivity index (χ2v) is 3.68. The van der Waals surface area contributed by atoms with Gasteiger partial charge in [-0.2, -0.15) is 0 Å². The monoisotopic (exact) mass is 262 g/mol. The Kier molecular flexibility index (Phi) is 4.71. The van der Waals surface area contributed by atoms with E-state index >= 15 is 0 Å². The number of hydrogen-bond donors (Lipinski definition) is 4. The number of aliphatic hydroxyl groups excluding tert-OH is 3. The molecule has 0 radical (unpaired) electrons. The Morgan fingerprint density at radius 2 is 1.83 bits per heavy atom. The molecule has 0 heterocycles. The Hall–Kier alpha value is -1.57. The standard InChI is InChI=1S/C11H12F2O5/c12-7-4-8(13)6(11(17)18)3-5(7)10(16)9(15)1-2-14/h3-4,9-10,14-16H,1-2H2,(H,17,18). The molecule has 0 saturated heterocycles. The lowest BCUT2D eigenvalue weighted by molar-refractivity contribution is 0.00222. The predicted molar refractivity (Wildman–Crippen MR) is 56.0 cm³/mol. The molecule has 5 nitrogen and oxygen atoms in total. The van der Waals surface area contributed by atoms with Gasteiger partial charge in [-0.15, -0.1) is 0 Å². The molecule has 18 heavy (non-hydrogen) atoms. The third-order valence-electron chi connectivity index (χ3n) is 2.42. The van der Waals surface area contributed by atoms with Crippen molar-refractivity contribution < 1.29 is 34.0 Å². The van der Waals surface area contributed by atoms with Crippen molar-refractivity contribution in [2.75, 3.05) is 6.61 Å². The second-order valence-electron chi connectivity index (χ2n) is 3.68. The minimum Gasteiger partial charge on any atom is -0.478 e. The molecule has 0 amide bonds. The molecule has 1 aromatic carbocycles. The highest BCUT2D eigenvalue weighted by Crippen LogP contribution is 2.24. The van der Waals surface area contributed by atoms with Crippen LogP contribution in [0.1, 0.15) is 28.4 Å². The highest BCUT2D eigenvalue weighted by atomic mass is 19.1. The Morgan fingerprint density at radius 3 is 2.33 bits per heavy atom. The molecule has 0 aliphatic heterocycles. The third-order valence-corrected chi connectivity index (χ3v) is 2.42. The van der Waals surface area contributed by atoms with Gasteiger partial charge in [-0.1, -0.05) is 0 Å². The summed E-state index contributed by atoms with van der Waals surface area (Å²) >= 11 is 0.